The number of amides is 1. The highest BCUT2D eigenvalue weighted by Gasteiger charge is 2.15. The first-order valence-electron chi connectivity index (χ1n) is 8.35. The molecule has 0 saturated carbocycles. The molecule has 134 valence electrons. The Labute approximate surface area is 152 Å². The summed E-state index contributed by atoms with van der Waals surface area (Å²) in [5, 5.41) is 8.03. The maximum atomic E-state index is 12.3. The van der Waals surface area contributed by atoms with Crippen molar-refractivity contribution in [2.24, 2.45) is 0 Å². The first kappa shape index (κ1) is 17.7. The molecule has 0 unspecified atom stereocenters. The van der Waals surface area contributed by atoms with Crippen LogP contribution in [-0.2, 0) is 11.3 Å². The Bertz CT molecular complexity index is 890. The fourth-order valence-electron chi connectivity index (χ4n) is 2.52. The predicted molar refractivity (Wildman–Crippen MR) is 97.6 cm³/mol. The Hall–Kier alpha value is -3.15. The summed E-state index contributed by atoms with van der Waals surface area (Å²) in [6, 6.07) is 15.4. The van der Waals surface area contributed by atoms with Crippen LogP contribution in [0.25, 0.3) is 11.5 Å². The summed E-state index contributed by atoms with van der Waals surface area (Å²) in [5.74, 6) is 1.37. The van der Waals surface area contributed by atoms with Gasteiger partial charge in [-0.05, 0) is 37.6 Å². The minimum absolute atomic E-state index is 0.0416. The highest BCUT2D eigenvalue weighted by atomic mass is 16.5. The number of likely N-dealkylation sites (N-methyl/N-ethyl adjacent to an activating group) is 1. The van der Waals surface area contributed by atoms with Crippen LogP contribution in [0, 0.1) is 13.8 Å². The van der Waals surface area contributed by atoms with E-state index in [0.717, 1.165) is 16.7 Å². The molecule has 6 heteroatoms. The molecule has 3 aromatic rings. The Morgan fingerprint density at radius 1 is 1.12 bits per heavy atom. The van der Waals surface area contributed by atoms with E-state index in [4.69, 9.17) is 9.15 Å². The number of aryl methyl sites for hydroxylation is 2. The quantitative estimate of drug-likeness (QED) is 0.681. The summed E-state index contributed by atoms with van der Waals surface area (Å²) in [5.41, 5.74) is 3.01. The molecule has 0 aliphatic carbocycles. The van der Waals surface area contributed by atoms with Crippen molar-refractivity contribution in [1.29, 1.82) is 0 Å². The van der Waals surface area contributed by atoms with Crippen LogP contribution in [0.2, 0.25) is 0 Å². The van der Waals surface area contributed by atoms with Gasteiger partial charge in [-0.15, -0.1) is 10.2 Å². The number of nitrogens with zero attached hydrogens (tertiary/aromatic N) is 3. The molecule has 0 spiro atoms. The summed E-state index contributed by atoms with van der Waals surface area (Å²) in [7, 11) is 1.68. The minimum Gasteiger partial charge on any atom is -0.484 e. The molecule has 3 rings (SSSR count). The Morgan fingerprint density at radius 3 is 2.62 bits per heavy atom. The lowest BCUT2D eigenvalue weighted by molar-refractivity contribution is -0.132. The summed E-state index contributed by atoms with van der Waals surface area (Å²) in [4.78, 5) is 13.8. The molecule has 0 fully saturated rings. The van der Waals surface area contributed by atoms with Crippen molar-refractivity contribution < 1.29 is 13.9 Å². The molecule has 0 radical (unpaired) electrons. The number of benzene rings is 2. The lowest BCUT2D eigenvalue weighted by atomic mass is 10.1. The van der Waals surface area contributed by atoms with E-state index in [1.807, 2.05) is 62.4 Å². The standard InChI is InChI=1S/C20H21N3O3/c1-14-9-10-17(15(2)11-14)25-13-19(24)23(3)12-18-21-22-20(26-18)16-7-5-4-6-8-16/h4-11H,12-13H2,1-3H3. The smallest absolute Gasteiger partial charge is 0.260 e. The number of carbonyl (C=O) groups is 1. The second-order valence-electron chi connectivity index (χ2n) is 6.17. The van der Waals surface area contributed by atoms with E-state index in [1.54, 1.807) is 7.05 Å². The third-order valence-corrected chi connectivity index (χ3v) is 3.97. The van der Waals surface area contributed by atoms with Gasteiger partial charge in [0.2, 0.25) is 11.8 Å². The lowest BCUT2D eigenvalue weighted by Gasteiger charge is -2.16. The zero-order chi connectivity index (χ0) is 18.5. The molecule has 0 saturated heterocycles. The van der Waals surface area contributed by atoms with Crippen LogP contribution in [-0.4, -0.2) is 34.7 Å². The topological polar surface area (TPSA) is 68.5 Å². The van der Waals surface area contributed by atoms with Crippen molar-refractivity contribution in [3.05, 3.63) is 65.5 Å². The number of carbonyl (C=O) groups excluding carboxylic acids is 1. The van der Waals surface area contributed by atoms with E-state index in [9.17, 15) is 4.79 Å². The highest BCUT2D eigenvalue weighted by molar-refractivity contribution is 5.77. The van der Waals surface area contributed by atoms with Crippen LogP contribution >= 0.6 is 0 Å². The van der Waals surface area contributed by atoms with Gasteiger partial charge >= 0.3 is 0 Å². The van der Waals surface area contributed by atoms with Crippen molar-refractivity contribution in [1.82, 2.24) is 15.1 Å². The van der Waals surface area contributed by atoms with E-state index >= 15 is 0 Å². The minimum atomic E-state index is -0.163. The van der Waals surface area contributed by atoms with Gasteiger partial charge in [0.1, 0.15) is 5.75 Å². The fraction of sp³-hybridized carbons (Fsp3) is 0.250. The third-order valence-electron chi connectivity index (χ3n) is 3.97. The molecule has 26 heavy (non-hydrogen) atoms. The van der Waals surface area contributed by atoms with Gasteiger partial charge in [-0.2, -0.15) is 0 Å². The molecule has 0 atom stereocenters. The van der Waals surface area contributed by atoms with Crippen molar-refractivity contribution in [3.63, 3.8) is 0 Å². The summed E-state index contributed by atoms with van der Waals surface area (Å²) >= 11 is 0. The maximum Gasteiger partial charge on any atom is 0.260 e. The zero-order valence-electron chi connectivity index (χ0n) is 15.1. The Kier molecular flexibility index (Phi) is 5.31. The van der Waals surface area contributed by atoms with Gasteiger partial charge in [0.25, 0.3) is 5.91 Å². The van der Waals surface area contributed by atoms with Crippen molar-refractivity contribution in [2.45, 2.75) is 20.4 Å². The fourth-order valence-corrected chi connectivity index (χ4v) is 2.52. The summed E-state index contributed by atoms with van der Waals surface area (Å²) < 4.78 is 11.3. The lowest BCUT2D eigenvalue weighted by Crippen LogP contribution is -2.31. The second kappa shape index (κ2) is 7.82. The molecule has 1 heterocycles. The average molecular weight is 351 g/mol. The van der Waals surface area contributed by atoms with Crippen molar-refractivity contribution in [2.75, 3.05) is 13.7 Å². The molecule has 2 aromatic carbocycles. The molecule has 0 bridgehead atoms. The second-order valence-corrected chi connectivity index (χ2v) is 6.17. The van der Waals surface area contributed by atoms with Gasteiger partial charge in [0, 0.05) is 12.6 Å². The van der Waals surface area contributed by atoms with Gasteiger partial charge < -0.3 is 14.1 Å². The summed E-state index contributed by atoms with van der Waals surface area (Å²) in [6.07, 6.45) is 0. The normalized spacial score (nSPS) is 10.6. The van der Waals surface area contributed by atoms with Crippen LogP contribution < -0.4 is 4.74 Å². The number of hydrogen-bond donors (Lipinski definition) is 0. The molecule has 0 N–H and O–H groups in total. The van der Waals surface area contributed by atoms with E-state index in [1.165, 1.54) is 4.90 Å². The predicted octanol–water partition coefficient (Wildman–Crippen LogP) is 3.39. The molecule has 0 aliphatic rings. The van der Waals surface area contributed by atoms with Crippen molar-refractivity contribution >= 4 is 5.91 Å². The molecule has 0 aliphatic heterocycles. The first-order chi connectivity index (χ1) is 12.5. The summed E-state index contributed by atoms with van der Waals surface area (Å²) in [6.45, 7) is 4.17. The Balaban J connectivity index is 1.57. The number of rotatable bonds is 6. The number of aromatic nitrogens is 2. The van der Waals surface area contributed by atoms with E-state index < -0.39 is 0 Å². The average Bonchev–Trinajstić information content (AvgIpc) is 3.10. The van der Waals surface area contributed by atoms with Gasteiger partial charge in [-0.25, -0.2) is 0 Å². The van der Waals surface area contributed by atoms with Gasteiger partial charge in [0.05, 0.1) is 6.54 Å². The molecule has 6 nitrogen and oxygen atoms in total. The van der Waals surface area contributed by atoms with Gasteiger partial charge in [-0.1, -0.05) is 35.9 Å². The number of ether oxygens (including phenoxy) is 1. The van der Waals surface area contributed by atoms with Crippen molar-refractivity contribution in [3.8, 4) is 17.2 Å². The maximum absolute atomic E-state index is 12.3. The highest BCUT2D eigenvalue weighted by Crippen LogP contribution is 2.19. The van der Waals surface area contributed by atoms with Gasteiger partial charge in [-0.3, -0.25) is 4.79 Å². The Morgan fingerprint density at radius 2 is 1.88 bits per heavy atom. The van der Waals surface area contributed by atoms with E-state index in [2.05, 4.69) is 10.2 Å². The third kappa shape index (κ3) is 4.27. The van der Waals surface area contributed by atoms with Gasteiger partial charge in [0.15, 0.2) is 6.61 Å². The van der Waals surface area contributed by atoms with E-state index in [0.29, 0.717) is 17.5 Å². The zero-order valence-corrected chi connectivity index (χ0v) is 15.1. The van der Waals surface area contributed by atoms with Crippen LogP contribution in [0.5, 0.6) is 5.75 Å². The molecule has 1 amide bonds. The monoisotopic (exact) mass is 351 g/mol. The molecular weight excluding hydrogens is 330 g/mol. The van der Waals surface area contributed by atoms with Crippen LogP contribution in [0.1, 0.15) is 17.0 Å². The van der Waals surface area contributed by atoms with Crippen LogP contribution in [0.15, 0.2) is 52.9 Å². The molecular formula is C20H21N3O3. The van der Waals surface area contributed by atoms with Crippen LogP contribution in [0.4, 0.5) is 0 Å². The molecule has 1 aromatic heterocycles. The SMILES string of the molecule is Cc1ccc(OCC(=O)N(C)Cc2nnc(-c3ccccc3)o2)c(C)c1. The largest absolute Gasteiger partial charge is 0.484 e. The van der Waals surface area contributed by atoms with Crippen LogP contribution in [0.3, 0.4) is 0 Å². The first-order valence-corrected chi connectivity index (χ1v) is 8.35. The van der Waals surface area contributed by atoms with E-state index in [-0.39, 0.29) is 19.1 Å². The number of hydrogen-bond acceptors (Lipinski definition) is 5.